The van der Waals surface area contributed by atoms with Gasteiger partial charge in [0.25, 0.3) is 0 Å². The van der Waals surface area contributed by atoms with E-state index in [1.165, 1.54) is 11.8 Å². The summed E-state index contributed by atoms with van der Waals surface area (Å²) in [5.74, 6) is -0.0765. The average Bonchev–Trinajstić information content (AvgIpc) is 2.14. The van der Waals surface area contributed by atoms with Crippen molar-refractivity contribution in [1.29, 1.82) is 0 Å². The van der Waals surface area contributed by atoms with E-state index in [-0.39, 0.29) is 11.7 Å². The van der Waals surface area contributed by atoms with E-state index in [1.807, 2.05) is 20.8 Å². The maximum Gasteiger partial charge on any atom is 0.316 e. The number of anilines is 1. The van der Waals surface area contributed by atoms with Crippen molar-refractivity contribution in [3.8, 4) is 0 Å². The summed E-state index contributed by atoms with van der Waals surface area (Å²) in [6.45, 7) is 5.50. The number of esters is 1. The Balaban J connectivity index is 2.59. The van der Waals surface area contributed by atoms with E-state index in [9.17, 15) is 4.79 Å². The van der Waals surface area contributed by atoms with Crippen LogP contribution < -0.4 is 5.73 Å². The van der Waals surface area contributed by atoms with Crippen LogP contribution >= 0.6 is 23.4 Å². The highest BCUT2D eigenvalue weighted by Crippen LogP contribution is 2.32. The van der Waals surface area contributed by atoms with Crippen LogP contribution in [0.15, 0.2) is 23.1 Å². The van der Waals surface area contributed by atoms with Crippen molar-refractivity contribution in [3.63, 3.8) is 0 Å². The predicted molar refractivity (Wildman–Crippen MR) is 72.4 cm³/mol. The Morgan fingerprint density at radius 3 is 2.65 bits per heavy atom. The Hall–Kier alpha value is -0.870. The van der Waals surface area contributed by atoms with Crippen molar-refractivity contribution in [1.82, 2.24) is 0 Å². The van der Waals surface area contributed by atoms with Crippen LogP contribution in [0.1, 0.15) is 20.8 Å². The van der Waals surface area contributed by atoms with Gasteiger partial charge in [-0.15, -0.1) is 11.8 Å². The maximum absolute atomic E-state index is 11.5. The number of carbonyl (C=O) groups is 1. The number of benzene rings is 1. The highest BCUT2D eigenvalue weighted by molar-refractivity contribution is 8.00. The maximum atomic E-state index is 11.5. The number of hydrogen-bond donors (Lipinski definition) is 1. The molecule has 0 aliphatic rings. The first kappa shape index (κ1) is 14.2. The summed E-state index contributed by atoms with van der Waals surface area (Å²) in [7, 11) is 0. The van der Waals surface area contributed by atoms with Crippen LogP contribution in [0, 0.1) is 0 Å². The zero-order valence-electron chi connectivity index (χ0n) is 10.1. The zero-order chi connectivity index (χ0) is 13.1. The molecule has 0 aromatic heterocycles. The Morgan fingerprint density at radius 1 is 1.47 bits per heavy atom. The van der Waals surface area contributed by atoms with Gasteiger partial charge in [-0.2, -0.15) is 0 Å². The van der Waals surface area contributed by atoms with Gasteiger partial charge in [0.15, 0.2) is 0 Å². The second kappa shape index (κ2) is 5.65. The molecule has 1 rings (SSSR count). The third-order valence-electron chi connectivity index (χ3n) is 1.75. The lowest BCUT2D eigenvalue weighted by Gasteiger charge is -2.19. The normalized spacial score (nSPS) is 11.3. The van der Waals surface area contributed by atoms with E-state index in [1.54, 1.807) is 18.2 Å². The summed E-state index contributed by atoms with van der Waals surface area (Å²) in [4.78, 5) is 12.2. The van der Waals surface area contributed by atoms with Crippen LogP contribution in [0.3, 0.4) is 0 Å². The number of ether oxygens (including phenoxy) is 1. The average molecular weight is 274 g/mol. The smallest absolute Gasteiger partial charge is 0.316 e. The lowest BCUT2D eigenvalue weighted by atomic mass is 10.2. The molecular formula is C12H16ClNO2S. The Bertz CT molecular complexity index is 395. The van der Waals surface area contributed by atoms with Gasteiger partial charge in [0.2, 0.25) is 0 Å². The molecule has 0 saturated carbocycles. The van der Waals surface area contributed by atoms with E-state index in [0.29, 0.717) is 10.7 Å². The molecule has 0 amide bonds. The molecule has 0 unspecified atom stereocenters. The largest absolute Gasteiger partial charge is 0.459 e. The number of rotatable bonds is 3. The van der Waals surface area contributed by atoms with Crippen molar-refractivity contribution in [2.45, 2.75) is 31.3 Å². The molecule has 0 radical (unpaired) electrons. The minimum atomic E-state index is -0.469. The molecule has 2 N–H and O–H groups in total. The summed E-state index contributed by atoms with van der Waals surface area (Å²) >= 11 is 7.28. The molecular weight excluding hydrogens is 258 g/mol. The van der Waals surface area contributed by atoms with Gasteiger partial charge < -0.3 is 10.5 Å². The number of thioether (sulfide) groups is 1. The Morgan fingerprint density at radius 2 is 2.12 bits per heavy atom. The summed E-state index contributed by atoms with van der Waals surface area (Å²) in [5, 5.41) is 0.554. The van der Waals surface area contributed by atoms with E-state index in [2.05, 4.69) is 0 Å². The highest BCUT2D eigenvalue weighted by atomic mass is 35.5. The molecule has 1 aromatic rings. The molecule has 5 heteroatoms. The van der Waals surface area contributed by atoms with Gasteiger partial charge >= 0.3 is 5.97 Å². The molecule has 0 saturated heterocycles. The molecule has 0 spiro atoms. The van der Waals surface area contributed by atoms with Crippen LogP contribution in [0.25, 0.3) is 0 Å². The van der Waals surface area contributed by atoms with Crippen molar-refractivity contribution >= 4 is 35.0 Å². The number of halogens is 1. The highest BCUT2D eigenvalue weighted by Gasteiger charge is 2.17. The van der Waals surface area contributed by atoms with Crippen molar-refractivity contribution in [2.75, 3.05) is 11.5 Å². The topological polar surface area (TPSA) is 52.3 Å². The van der Waals surface area contributed by atoms with Crippen molar-refractivity contribution in [2.24, 2.45) is 0 Å². The monoisotopic (exact) mass is 273 g/mol. The number of carbonyl (C=O) groups excluding carboxylic acids is 1. The standard InChI is InChI=1S/C12H16ClNO2S/c1-12(2,3)16-10(15)7-17-11-8(13)5-4-6-9(11)14/h4-6H,7,14H2,1-3H3. The fourth-order valence-corrected chi connectivity index (χ4v) is 2.29. The van der Waals surface area contributed by atoms with Gasteiger partial charge in [-0.3, -0.25) is 4.79 Å². The third-order valence-corrected chi connectivity index (χ3v) is 3.30. The minimum absolute atomic E-state index is 0.200. The first-order valence-corrected chi connectivity index (χ1v) is 6.54. The second-order valence-corrected chi connectivity index (χ2v) is 5.93. The van der Waals surface area contributed by atoms with Crippen molar-refractivity contribution < 1.29 is 9.53 Å². The van der Waals surface area contributed by atoms with Crippen LogP contribution in [0.4, 0.5) is 5.69 Å². The number of nitrogen functional groups attached to an aromatic ring is 1. The van der Waals surface area contributed by atoms with Gasteiger partial charge in [-0.05, 0) is 32.9 Å². The van der Waals surface area contributed by atoms with Crippen LogP contribution in [0.5, 0.6) is 0 Å². The predicted octanol–water partition coefficient (Wildman–Crippen LogP) is 3.36. The van der Waals surface area contributed by atoms with Crippen LogP contribution in [0.2, 0.25) is 5.02 Å². The van der Waals surface area contributed by atoms with Crippen LogP contribution in [-0.2, 0) is 9.53 Å². The second-order valence-electron chi connectivity index (χ2n) is 4.53. The number of nitrogens with two attached hydrogens (primary N) is 1. The van der Waals surface area contributed by atoms with E-state index in [4.69, 9.17) is 22.1 Å². The molecule has 0 bridgehead atoms. The van der Waals surface area contributed by atoms with Crippen LogP contribution in [-0.4, -0.2) is 17.3 Å². The molecule has 0 aliphatic heterocycles. The molecule has 1 aromatic carbocycles. The minimum Gasteiger partial charge on any atom is -0.459 e. The van der Waals surface area contributed by atoms with E-state index in [0.717, 1.165) is 4.90 Å². The molecule has 3 nitrogen and oxygen atoms in total. The molecule has 0 atom stereocenters. The zero-order valence-corrected chi connectivity index (χ0v) is 11.7. The summed E-state index contributed by atoms with van der Waals surface area (Å²) in [6, 6.07) is 5.27. The molecule has 0 aliphatic carbocycles. The first-order valence-electron chi connectivity index (χ1n) is 5.18. The first-order chi connectivity index (χ1) is 7.79. The van der Waals surface area contributed by atoms with Crippen molar-refractivity contribution in [3.05, 3.63) is 23.2 Å². The SMILES string of the molecule is CC(C)(C)OC(=O)CSc1c(N)cccc1Cl. The van der Waals surface area contributed by atoms with Gasteiger partial charge in [0.1, 0.15) is 5.60 Å². The van der Waals surface area contributed by atoms with Gasteiger partial charge in [-0.1, -0.05) is 17.7 Å². The quantitative estimate of drug-likeness (QED) is 0.521. The molecule has 17 heavy (non-hydrogen) atoms. The third kappa shape index (κ3) is 4.88. The van der Waals surface area contributed by atoms with E-state index >= 15 is 0 Å². The van der Waals surface area contributed by atoms with Gasteiger partial charge in [0, 0.05) is 10.6 Å². The van der Waals surface area contributed by atoms with Gasteiger partial charge in [0.05, 0.1) is 10.8 Å². The summed E-state index contributed by atoms with van der Waals surface area (Å²) in [5.41, 5.74) is 5.88. The Labute approximate surface area is 111 Å². The lowest BCUT2D eigenvalue weighted by Crippen LogP contribution is -2.24. The van der Waals surface area contributed by atoms with E-state index < -0.39 is 5.60 Å². The Kier molecular flexibility index (Phi) is 4.71. The van der Waals surface area contributed by atoms with Gasteiger partial charge in [-0.25, -0.2) is 0 Å². The molecule has 0 fully saturated rings. The summed E-state index contributed by atoms with van der Waals surface area (Å²) < 4.78 is 5.20. The fraction of sp³-hybridized carbons (Fsp3) is 0.417. The lowest BCUT2D eigenvalue weighted by molar-refractivity contribution is -0.151. The molecule has 94 valence electrons. The fourth-order valence-electron chi connectivity index (χ4n) is 1.18. The summed E-state index contributed by atoms with van der Waals surface area (Å²) in [6.07, 6.45) is 0. The molecule has 0 heterocycles. The number of hydrogen-bond acceptors (Lipinski definition) is 4.